The second kappa shape index (κ2) is 6.74. The van der Waals surface area contributed by atoms with E-state index in [4.69, 9.17) is 5.73 Å². The maximum atomic E-state index is 11.2. The second-order valence-corrected chi connectivity index (χ2v) is 4.74. The van der Waals surface area contributed by atoms with E-state index in [9.17, 15) is 4.79 Å². The van der Waals surface area contributed by atoms with Crippen LogP contribution in [0.4, 0.5) is 0 Å². The zero-order valence-corrected chi connectivity index (χ0v) is 12.3. The van der Waals surface area contributed by atoms with E-state index in [1.165, 1.54) is 5.56 Å². The number of benzene rings is 1. The van der Waals surface area contributed by atoms with Crippen molar-refractivity contribution >= 4 is 12.1 Å². The number of aldehydes is 1. The van der Waals surface area contributed by atoms with E-state index in [2.05, 4.69) is 29.6 Å². The fourth-order valence-electron chi connectivity index (χ4n) is 2.31. The first-order valence-corrected chi connectivity index (χ1v) is 6.97. The predicted octanol–water partition coefficient (Wildman–Crippen LogP) is 2.08. The van der Waals surface area contributed by atoms with E-state index in [0.29, 0.717) is 11.3 Å². The van der Waals surface area contributed by atoms with Gasteiger partial charge in [-0.2, -0.15) is 5.10 Å². The first-order chi connectivity index (χ1) is 10.2. The summed E-state index contributed by atoms with van der Waals surface area (Å²) in [5.74, 6) is 0.280. The maximum Gasteiger partial charge on any atom is 0.168 e. The number of rotatable bonds is 6. The molecule has 0 fully saturated rings. The molecular formula is C16H20N4O. The predicted molar refractivity (Wildman–Crippen MR) is 84.9 cm³/mol. The number of aromatic nitrogens is 1. The number of carbonyl (C=O) groups is 1. The minimum Gasteiger partial charge on any atom is -0.381 e. The smallest absolute Gasteiger partial charge is 0.168 e. The van der Waals surface area contributed by atoms with Gasteiger partial charge in [0.15, 0.2) is 12.1 Å². The van der Waals surface area contributed by atoms with Gasteiger partial charge in [-0.25, -0.2) is 0 Å². The van der Waals surface area contributed by atoms with E-state index in [1.54, 1.807) is 13.1 Å². The third-order valence-corrected chi connectivity index (χ3v) is 3.27. The minimum absolute atomic E-state index is 0.280. The first-order valence-electron chi connectivity index (χ1n) is 6.97. The number of nitrogens with zero attached hydrogens (tertiary/aromatic N) is 2. The average molecular weight is 284 g/mol. The lowest BCUT2D eigenvalue weighted by Crippen LogP contribution is -2.22. The Bertz CT molecular complexity index is 641. The molecule has 5 heteroatoms. The fraction of sp³-hybridized carbons (Fsp3) is 0.250. The summed E-state index contributed by atoms with van der Waals surface area (Å²) in [4.78, 5) is 11.2. The van der Waals surface area contributed by atoms with Gasteiger partial charge in [0.25, 0.3) is 0 Å². The van der Waals surface area contributed by atoms with E-state index < -0.39 is 0 Å². The normalized spacial score (nSPS) is 11.4. The number of hydrogen-bond donors (Lipinski definition) is 2. The van der Waals surface area contributed by atoms with Crippen molar-refractivity contribution in [3.05, 3.63) is 53.3 Å². The van der Waals surface area contributed by atoms with Crippen molar-refractivity contribution in [1.82, 2.24) is 9.99 Å². The van der Waals surface area contributed by atoms with Crippen LogP contribution < -0.4 is 11.2 Å². The second-order valence-electron chi connectivity index (χ2n) is 4.74. The SMILES string of the molecule is CCCc1ccc(-n2ccc(C=O)c2/C(N)=N\NC)cc1. The molecule has 110 valence electrons. The number of carbonyl (C=O) groups excluding carboxylic acids is 1. The zero-order valence-electron chi connectivity index (χ0n) is 12.3. The van der Waals surface area contributed by atoms with Crippen LogP contribution in [-0.4, -0.2) is 23.7 Å². The van der Waals surface area contributed by atoms with Crippen LogP contribution in [0, 0.1) is 0 Å². The summed E-state index contributed by atoms with van der Waals surface area (Å²) in [5.41, 5.74) is 12.0. The summed E-state index contributed by atoms with van der Waals surface area (Å²) in [6, 6.07) is 9.97. The Hall–Kier alpha value is -2.56. The van der Waals surface area contributed by atoms with Gasteiger partial charge in [0.05, 0.1) is 0 Å². The van der Waals surface area contributed by atoms with Crippen LogP contribution in [0.25, 0.3) is 5.69 Å². The van der Waals surface area contributed by atoms with Gasteiger partial charge in [-0.15, -0.1) is 0 Å². The summed E-state index contributed by atoms with van der Waals surface area (Å²) >= 11 is 0. The molecule has 1 aromatic carbocycles. The molecular weight excluding hydrogens is 264 g/mol. The minimum atomic E-state index is 0.280. The summed E-state index contributed by atoms with van der Waals surface area (Å²) in [6.07, 6.45) is 4.79. The van der Waals surface area contributed by atoms with E-state index in [0.717, 1.165) is 24.8 Å². The fourth-order valence-corrected chi connectivity index (χ4v) is 2.31. The van der Waals surface area contributed by atoms with Gasteiger partial charge < -0.3 is 15.7 Å². The Morgan fingerprint density at radius 3 is 2.62 bits per heavy atom. The van der Waals surface area contributed by atoms with Crippen LogP contribution in [0.5, 0.6) is 0 Å². The number of aryl methyl sites for hydroxylation is 1. The molecule has 3 N–H and O–H groups in total. The molecule has 0 unspecified atom stereocenters. The number of hydrogen-bond acceptors (Lipinski definition) is 3. The Morgan fingerprint density at radius 2 is 2.05 bits per heavy atom. The molecule has 0 aliphatic heterocycles. The van der Waals surface area contributed by atoms with Crippen LogP contribution in [-0.2, 0) is 6.42 Å². The topological polar surface area (TPSA) is 72.4 Å². The molecule has 0 aliphatic rings. The summed E-state index contributed by atoms with van der Waals surface area (Å²) < 4.78 is 1.87. The van der Waals surface area contributed by atoms with Gasteiger partial charge >= 0.3 is 0 Å². The lowest BCUT2D eigenvalue weighted by Gasteiger charge is -2.10. The molecule has 21 heavy (non-hydrogen) atoms. The van der Waals surface area contributed by atoms with Gasteiger partial charge in [0.1, 0.15) is 5.69 Å². The van der Waals surface area contributed by atoms with Crippen LogP contribution in [0.1, 0.15) is 35.0 Å². The number of amidine groups is 1. The number of nitrogens with one attached hydrogen (secondary N) is 1. The standard InChI is InChI=1S/C16H20N4O/c1-3-4-12-5-7-14(8-6-12)20-10-9-13(11-21)15(20)16(17)19-18-2/h5-11,18H,3-4H2,1-2H3,(H2,17,19). The van der Waals surface area contributed by atoms with Gasteiger partial charge in [-0.05, 0) is 30.2 Å². The number of nitrogens with two attached hydrogens (primary N) is 1. The Morgan fingerprint density at radius 1 is 1.33 bits per heavy atom. The van der Waals surface area contributed by atoms with Crippen molar-refractivity contribution < 1.29 is 4.79 Å². The highest BCUT2D eigenvalue weighted by Gasteiger charge is 2.13. The quantitative estimate of drug-likeness (QED) is 0.369. The summed E-state index contributed by atoms with van der Waals surface area (Å²) in [5, 5.41) is 3.97. The summed E-state index contributed by atoms with van der Waals surface area (Å²) in [7, 11) is 1.67. The van der Waals surface area contributed by atoms with Crippen molar-refractivity contribution in [2.75, 3.05) is 7.05 Å². The van der Waals surface area contributed by atoms with Gasteiger partial charge in [0, 0.05) is 24.5 Å². The molecule has 0 amide bonds. The van der Waals surface area contributed by atoms with Crippen molar-refractivity contribution in [2.45, 2.75) is 19.8 Å². The molecule has 5 nitrogen and oxygen atoms in total. The molecule has 0 saturated heterocycles. The highest BCUT2D eigenvalue weighted by Crippen LogP contribution is 2.17. The molecule has 0 bridgehead atoms. The van der Waals surface area contributed by atoms with E-state index in [-0.39, 0.29) is 5.84 Å². The first kappa shape index (κ1) is 14.8. The molecule has 2 rings (SSSR count). The van der Waals surface area contributed by atoms with Crippen LogP contribution in [0.15, 0.2) is 41.6 Å². The average Bonchev–Trinajstić information content (AvgIpc) is 2.92. The van der Waals surface area contributed by atoms with Crippen molar-refractivity contribution in [3.8, 4) is 5.69 Å². The van der Waals surface area contributed by atoms with E-state index in [1.807, 2.05) is 22.9 Å². The highest BCUT2D eigenvalue weighted by atomic mass is 16.1. The highest BCUT2D eigenvalue weighted by molar-refractivity contribution is 6.03. The molecule has 0 spiro atoms. The molecule has 1 heterocycles. The van der Waals surface area contributed by atoms with Crippen LogP contribution >= 0.6 is 0 Å². The Kier molecular flexibility index (Phi) is 4.77. The Balaban J connectivity index is 2.46. The molecule has 1 aromatic heterocycles. The zero-order chi connectivity index (χ0) is 15.2. The third-order valence-electron chi connectivity index (χ3n) is 3.27. The van der Waals surface area contributed by atoms with E-state index >= 15 is 0 Å². The molecule has 0 radical (unpaired) electrons. The van der Waals surface area contributed by atoms with Gasteiger partial charge in [0.2, 0.25) is 0 Å². The monoisotopic (exact) mass is 284 g/mol. The van der Waals surface area contributed by atoms with Crippen molar-refractivity contribution in [2.24, 2.45) is 10.8 Å². The molecule has 0 saturated carbocycles. The largest absolute Gasteiger partial charge is 0.381 e. The number of hydrazone groups is 1. The molecule has 0 aliphatic carbocycles. The van der Waals surface area contributed by atoms with Gasteiger partial charge in [-0.3, -0.25) is 4.79 Å². The Labute approximate surface area is 124 Å². The lowest BCUT2D eigenvalue weighted by atomic mass is 10.1. The molecule has 0 atom stereocenters. The van der Waals surface area contributed by atoms with Crippen molar-refractivity contribution in [1.29, 1.82) is 0 Å². The third kappa shape index (κ3) is 3.13. The van der Waals surface area contributed by atoms with Crippen LogP contribution in [0.3, 0.4) is 0 Å². The lowest BCUT2D eigenvalue weighted by molar-refractivity contribution is 0.112. The maximum absolute atomic E-state index is 11.2. The summed E-state index contributed by atoms with van der Waals surface area (Å²) in [6.45, 7) is 2.16. The van der Waals surface area contributed by atoms with Crippen molar-refractivity contribution in [3.63, 3.8) is 0 Å². The molecule has 2 aromatic rings. The van der Waals surface area contributed by atoms with Crippen LogP contribution in [0.2, 0.25) is 0 Å². The van der Waals surface area contributed by atoms with Gasteiger partial charge in [-0.1, -0.05) is 25.5 Å².